The van der Waals surface area contributed by atoms with E-state index in [0.717, 1.165) is 0 Å². The van der Waals surface area contributed by atoms with Crippen LogP contribution in [0.15, 0.2) is 30.3 Å². The number of ether oxygens (including phenoxy) is 2. The van der Waals surface area contributed by atoms with Gasteiger partial charge in [-0.05, 0) is 18.1 Å². The zero-order valence-electron chi connectivity index (χ0n) is 10.8. The summed E-state index contributed by atoms with van der Waals surface area (Å²) in [4.78, 5) is 23.3. The van der Waals surface area contributed by atoms with Crippen LogP contribution in [0.5, 0.6) is 0 Å². The summed E-state index contributed by atoms with van der Waals surface area (Å²) in [5, 5.41) is -0.0770. The minimum Gasteiger partial charge on any atom is -0.462 e. The summed E-state index contributed by atoms with van der Waals surface area (Å²) < 4.78 is 10.6. The van der Waals surface area contributed by atoms with Crippen molar-refractivity contribution >= 4 is 23.5 Å². The molecule has 4 unspecified atom stereocenters. The molecule has 1 saturated heterocycles. The molecule has 4 nitrogen and oxygen atoms in total. The summed E-state index contributed by atoms with van der Waals surface area (Å²) in [6.45, 7) is 0.250. The number of esters is 2. The molecule has 0 N–H and O–H groups in total. The van der Waals surface area contributed by atoms with Gasteiger partial charge in [0.1, 0.15) is 6.10 Å². The van der Waals surface area contributed by atoms with Crippen LogP contribution in [0.2, 0.25) is 0 Å². The number of carbonyl (C=O) groups excluding carboxylic acids is 2. The average Bonchev–Trinajstić information content (AvgIpc) is 2.63. The average molecular weight is 295 g/mol. The second-order valence-corrected chi connectivity index (χ2v) is 5.84. The largest absolute Gasteiger partial charge is 0.462 e. The van der Waals surface area contributed by atoms with E-state index in [1.807, 2.05) is 6.07 Å². The van der Waals surface area contributed by atoms with Crippen molar-refractivity contribution in [1.29, 1.82) is 0 Å². The van der Waals surface area contributed by atoms with Crippen LogP contribution in [0, 0.1) is 11.8 Å². The number of rotatable bonds is 3. The van der Waals surface area contributed by atoms with Gasteiger partial charge in [0.15, 0.2) is 0 Å². The Labute approximate surface area is 122 Å². The Morgan fingerprint density at radius 3 is 2.80 bits per heavy atom. The molecule has 4 atom stereocenters. The molecule has 106 valence electrons. The van der Waals surface area contributed by atoms with E-state index in [-0.39, 0.29) is 41.9 Å². The lowest BCUT2D eigenvalue weighted by Gasteiger charge is -2.29. The highest BCUT2D eigenvalue weighted by Crippen LogP contribution is 2.43. The predicted molar refractivity (Wildman–Crippen MR) is 72.5 cm³/mol. The highest BCUT2D eigenvalue weighted by atomic mass is 35.5. The van der Waals surface area contributed by atoms with Crippen LogP contribution >= 0.6 is 11.6 Å². The lowest BCUT2D eigenvalue weighted by molar-refractivity contribution is -0.159. The van der Waals surface area contributed by atoms with Crippen molar-refractivity contribution in [3.8, 4) is 0 Å². The fourth-order valence-corrected chi connectivity index (χ4v) is 3.45. The highest BCUT2D eigenvalue weighted by Gasteiger charge is 2.49. The van der Waals surface area contributed by atoms with E-state index in [9.17, 15) is 9.59 Å². The zero-order chi connectivity index (χ0) is 14.1. The van der Waals surface area contributed by atoms with Gasteiger partial charge in [-0.1, -0.05) is 18.2 Å². The van der Waals surface area contributed by atoms with Crippen LogP contribution in [-0.4, -0.2) is 30.0 Å². The van der Waals surface area contributed by atoms with Gasteiger partial charge >= 0.3 is 11.9 Å². The summed E-state index contributed by atoms with van der Waals surface area (Å²) in [5.41, 5.74) is 0.523. The number of halogens is 1. The van der Waals surface area contributed by atoms with Crippen LogP contribution in [0.1, 0.15) is 23.2 Å². The van der Waals surface area contributed by atoms with Gasteiger partial charge in [-0.3, -0.25) is 4.79 Å². The molecule has 0 amide bonds. The van der Waals surface area contributed by atoms with Crippen molar-refractivity contribution in [1.82, 2.24) is 0 Å². The van der Waals surface area contributed by atoms with E-state index in [1.165, 1.54) is 0 Å². The Morgan fingerprint density at radius 1 is 1.35 bits per heavy atom. The maximum atomic E-state index is 11.9. The van der Waals surface area contributed by atoms with Crippen LogP contribution in [0.3, 0.4) is 0 Å². The molecule has 20 heavy (non-hydrogen) atoms. The van der Waals surface area contributed by atoms with Crippen LogP contribution in [0.4, 0.5) is 0 Å². The van der Waals surface area contributed by atoms with E-state index in [2.05, 4.69) is 0 Å². The molecule has 1 aliphatic heterocycles. The maximum Gasteiger partial charge on any atom is 0.338 e. The summed E-state index contributed by atoms with van der Waals surface area (Å²) in [5.74, 6) is -0.490. The van der Waals surface area contributed by atoms with E-state index in [0.29, 0.717) is 18.4 Å². The van der Waals surface area contributed by atoms with Crippen LogP contribution < -0.4 is 0 Å². The minimum atomic E-state index is -0.354. The number of hydrogen-bond donors (Lipinski definition) is 0. The molecule has 0 spiro atoms. The molecule has 0 radical (unpaired) electrons. The Morgan fingerprint density at radius 2 is 2.10 bits per heavy atom. The standard InChI is InChI=1S/C15H15ClO4/c16-12-7-13-11(10(12)6-14(17)20-13)8-19-15(18)9-4-2-1-3-5-9/h1-5,10-13H,6-8H2. The molecule has 5 heteroatoms. The molecule has 2 aliphatic rings. The number of carbonyl (C=O) groups is 2. The first-order valence-corrected chi connectivity index (χ1v) is 7.14. The van der Waals surface area contributed by atoms with Gasteiger partial charge in [-0.2, -0.15) is 0 Å². The van der Waals surface area contributed by atoms with Gasteiger partial charge in [-0.15, -0.1) is 11.6 Å². The molecule has 0 aromatic heterocycles. The third kappa shape index (κ3) is 2.52. The van der Waals surface area contributed by atoms with Crippen molar-refractivity contribution in [3.63, 3.8) is 0 Å². The maximum absolute atomic E-state index is 11.9. The Hall–Kier alpha value is -1.55. The SMILES string of the molecule is O=C1CC2C(Cl)CC(O1)C2COC(=O)c1ccccc1. The molecular weight excluding hydrogens is 280 g/mol. The molecule has 3 rings (SSSR count). The van der Waals surface area contributed by atoms with E-state index < -0.39 is 0 Å². The first-order valence-electron chi connectivity index (χ1n) is 6.71. The van der Waals surface area contributed by atoms with E-state index in [1.54, 1.807) is 24.3 Å². The van der Waals surface area contributed by atoms with Gasteiger partial charge in [-0.25, -0.2) is 4.79 Å². The van der Waals surface area contributed by atoms with Crippen LogP contribution in [-0.2, 0) is 14.3 Å². The zero-order valence-corrected chi connectivity index (χ0v) is 11.6. The minimum absolute atomic E-state index is 0.0165. The molecule has 2 bridgehead atoms. The van der Waals surface area contributed by atoms with Crippen molar-refractivity contribution in [2.75, 3.05) is 6.61 Å². The van der Waals surface area contributed by atoms with Gasteiger partial charge in [0.2, 0.25) is 0 Å². The summed E-state index contributed by atoms with van der Waals surface area (Å²) in [6, 6.07) is 8.84. The number of fused-ring (bicyclic) bond motifs is 2. The second kappa shape index (κ2) is 5.44. The van der Waals surface area contributed by atoms with Gasteiger partial charge in [0, 0.05) is 17.7 Å². The fraction of sp³-hybridized carbons (Fsp3) is 0.467. The predicted octanol–water partition coefficient (Wildman–Crippen LogP) is 2.40. The quantitative estimate of drug-likeness (QED) is 0.634. The third-order valence-electron chi connectivity index (χ3n) is 4.05. The molecule has 1 heterocycles. The molecule has 1 aliphatic carbocycles. The van der Waals surface area contributed by atoms with Crippen LogP contribution in [0.25, 0.3) is 0 Å². The van der Waals surface area contributed by atoms with Gasteiger partial charge < -0.3 is 9.47 Å². The van der Waals surface area contributed by atoms with Crippen molar-refractivity contribution < 1.29 is 19.1 Å². The summed E-state index contributed by atoms with van der Waals surface area (Å²) >= 11 is 6.23. The summed E-state index contributed by atoms with van der Waals surface area (Å²) in [7, 11) is 0. The van der Waals surface area contributed by atoms with Crippen molar-refractivity contribution in [3.05, 3.63) is 35.9 Å². The third-order valence-corrected chi connectivity index (χ3v) is 4.55. The topological polar surface area (TPSA) is 52.6 Å². The summed E-state index contributed by atoms with van der Waals surface area (Å²) in [6.07, 6.45) is 0.747. The molecule has 1 aromatic carbocycles. The van der Waals surface area contributed by atoms with Crippen molar-refractivity contribution in [2.45, 2.75) is 24.3 Å². The lowest BCUT2D eigenvalue weighted by atomic mass is 9.90. The normalized spacial score (nSPS) is 31.8. The molecule has 1 aromatic rings. The lowest BCUT2D eigenvalue weighted by Crippen LogP contribution is -2.36. The number of alkyl halides is 1. The van der Waals surface area contributed by atoms with E-state index in [4.69, 9.17) is 21.1 Å². The van der Waals surface area contributed by atoms with Gasteiger partial charge in [0.05, 0.1) is 18.6 Å². The smallest absolute Gasteiger partial charge is 0.338 e. The molecule has 1 saturated carbocycles. The highest BCUT2D eigenvalue weighted by molar-refractivity contribution is 6.21. The van der Waals surface area contributed by atoms with Gasteiger partial charge in [0.25, 0.3) is 0 Å². The Kier molecular flexibility index (Phi) is 3.66. The fourth-order valence-electron chi connectivity index (χ4n) is 3.00. The number of hydrogen-bond acceptors (Lipinski definition) is 4. The second-order valence-electron chi connectivity index (χ2n) is 5.28. The Balaban J connectivity index is 1.62. The number of benzene rings is 1. The molecule has 2 fully saturated rings. The first-order chi connectivity index (χ1) is 9.65. The van der Waals surface area contributed by atoms with E-state index >= 15 is 0 Å². The first kappa shape index (κ1) is 13.4. The monoisotopic (exact) mass is 294 g/mol. The van der Waals surface area contributed by atoms with Crippen molar-refractivity contribution in [2.24, 2.45) is 11.8 Å². The molecular formula is C15H15ClO4. The Bertz CT molecular complexity index is 516.